The van der Waals surface area contributed by atoms with Crippen LogP contribution in [0.4, 0.5) is 5.95 Å². The van der Waals surface area contributed by atoms with Gasteiger partial charge in [0, 0.05) is 11.4 Å². The van der Waals surface area contributed by atoms with Crippen molar-refractivity contribution in [1.82, 2.24) is 14.7 Å². The summed E-state index contributed by atoms with van der Waals surface area (Å²) in [5, 5.41) is 3.29. The van der Waals surface area contributed by atoms with Gasteiger partial charge in [0.15, 0.2) is 0 Å². The maximum absolute atomic E-state index is 11.3. The molecule has 0 radical (unpaired) electrons. The third-order valence-electron chi connectivity index (χ3n) is 3.48. The van der Waals surface area contributed by atoms with E-state index < -0.39 is 0 Å². The van der Waals surface area contributed by atoms with Crippen LogP contribution in [0.1, 0.15) is 33.3 Å². The standard InChI is InChI=1S/C18H20N4O2S.C4H10/c1-2-24-17(23)12-20-25-14-9-7-13(8-10-14)11-19-18-21-15-5-3-4-6-16(15)22-18;1-4(2)3/h3-10,20H,2,11-12H2,1H3,(H2,19,21,22);4H,1-3H3. The number of fused-ring (bicyclic) bond motifs is 1. The predicted molar refractivity (Wildman–Crippen MR) is 121 cm³/mol. The summed E-state index contributed by atoms with van der Waals surface area (Å²) in [5.41, 5.74) is 3.11. The number of nitrogens with zero attached hydrogens (tertiary/aromatic N) is 1. The molecule has 0 aliphatic heterocycles. The zero-order chi connectivity index (χ0) is 21.1. The van der Waals surface area contributed by atoms with Crippen LogP contribution in [0.3, 0.4) is 0 Å². The Balaban J connectivity index is 0.000000687. The van der Waals surface area contributed by atoms with Crippen molar-refractivity contribution in [3.63, 3.8) is 0 Å². The number of aromatic nitrogens is 2. The minimum atomic E-state index is -0.248. The molecule has 156 valence electrons. The van der Waals surface area contributed by atoms with Crippen LogP contribution in [0.2, 0.25) is 0 Å². The van der Waals surface area contributed by atoms with Gasteiger partial charge >= 0.3 is 5.97 Å². The first kappa shape index (κ1) is 22.8. The highest BCUT2D eigenvalue weighted by molar-refractivity contribution is 7.97. The molecule has 1 heterocycles. The highest BCUT2D eigenvalue weighted by atomic mass is 32.2. The molecule has 0 bridgehead atoms. The summed E-state index contributed by atoms with van der Waals surface area (Å²) in [6.45, 7) is 9.57. The Morgan fingerprint density at radius 1 is 1.14 bits per heavy atom. The summed E-state index contributed by atoms with van der Waals surface area (Å²) in [4.78, 5) is 20.0. The van der Waals surface area contributed by atoms with Crippen molar-refractivity contribution >= 4 is 34.9 Å². The lowest BCUT2D eigenvalue weighted by Gasteiger charge is -2.06. The number of imidazole rings is 1. The number of para-hydroxylation sites is 2. The first-order valence-electron chi connectivity index (χ1n) is 9.80. The van der Waals surface area contributed by atoms with E-state index in [1.807, 2.05) is 48.5 Å². The summed E-state index contributed by atoms with van der Waals surface area (Å²) in [5.74, 6) is 1.34. The first-order chi connectivity index (χ1) is 14.0. The van der Waals surface area contributed by atoms with E-state index in [0.29, 0.717) is 13.2 Å². The second kappa shape index (κ2) is 12.1. The molecule has 0 spiro atoms. The van der Waals surface area contributed by atoms with Crippen LogP contribution in [0.15, 0.2) is 53.4 Å². The van der Waals surface area contributed by atoms with Crippen molar-refractivity contribution in [2.45, 2.75) is 39.1 Å². The summed E-state index contributed by atoms with van der Waals surface area (Å²) in [6, 6.07) is 16.1. The Hall–Kier alpha value is -2.51. The van der Waals surface area contributed by atoms with Crippen LogP contribution in [-0.2, 0) is 16.1 Å². The molecule has 2 aromatic carbocycles. The molecule has 6 nitrogen and oxygen atoms in total. The minimum Gasteiger partial charge on any atom is -0.465 e. The lowest BCUT2D eigenvalue weighted by atomic mass is 10.2. The van der Waals surface area contributed by atoms with Crippen molar-refractivity contribution in [1.29, 1.82) is 0 Å². The fourth-order valence-corrected chi connectivity index (χ4v) is 2.92. The number of esters is 1. The van der Waals surface area contributed by atoms with Gasteiger partial charge in [-0.05, 0) is 54.6 Å². The second-order valence-electron chi connectivity index (χ2n) is 7.06. The van der Waals surface area contributed by atoms with E-state index in [4.69, 9.17) is 4.74 Å². The molecule has 0 fully saturated rings. The van der Waals surface area contributed by atoms with Gasteiger partial charge in [-0.2, -0.15) is 0 Å². The van der Waals surface area contributed by atoms with Crippen molar-refractivity contribution in [3.05, 3.63) is 54.1 Å². The zero-order valence-electron chi connectivity index (χ0n) is 17.5. The number of carbonyl (C=O) groups excluding carboxylic acids is 1. The number of rotatable bonds is 8. The number of ether oxygens (including phenoxy) is 1. The Morgan fingerprint density at radius 2 is 1.83 bits per heavy atom. The molecule has 0 saturated heterocycles. The van der Waals surface area contributed by atoms with Crippen LogP contribution in [0, 0.1) is 5.92 Å². The smallest absolute Gasteiger partial charge is 0.320 e. The van der Waals surface area contributed by atoms with Crippen molar-refractivity contribution in [2.24, 2.45) is 5.92 Å². The van der Waals surface area contributed by atoms with Crippen LogP contribution >= 0.6 is 11.9 Å². The van der Waals surface area contributed by atoms with E-state index in [1.165, 1.54) is 11.9 Å². The zero-order valence-corrected chi connectivity index (χ0v) is 18.3. The lowest BCUT2D eigenvalue weighted by molar-refractivity contribution is -0.141. The molecule has 3 rings (SSSR count). The summed E-state index contributed by atoms with van der Waals surface area (Å²) in [7, 11) is 0. The average Bonchev–Trinajstić information content (AvgIpc) is 3.10. The third-order valence-corrected chi connectivity index (χ3v) is 4.28. The van der Waals surface area contributed by atoms with Gasteiger partial charge < -0.3 is 15.0 Å². The SMILES string of the molecule is CC(C)C.CCOC(=O)CNSc1ccc(CNc2nc3ccccc3[nH]2)cc1. The summed E-state index contributed by atoms with van der Waals surface area (Å²) in [6.07, 6.45) is 0. The third kappa shape index (κ3) is 8.58. The van der Waals surface area contributed by atoms with Crippen LogP contribution in [-0.4, -0.2) is 29.1 Å². The first-order valence-corrected chi connectivity index (χ1v) is 10.6. The monoisotopic (exact) mass is 414 g/mol. The topological polar surface area (TPSA) is 79.0 Å². The average molecular weight is 415 g/mol. The molecule has 3 N–H and O–H groups in total. The molecular formula is C22H30N4O2S. The number of carbonyl (C=O) groups is 1. The number of anilines is 1. The molecule has 0 atom stereocenters. The van der Waals surface area contributed by atoms with E-state index in [-0.39, 0.29) is 12.5 Å². The number of aromatic amines is 1. The molecule has 0 aliphatic rings. The molecule has 3 aromatic rings. The Kier molecular flexibility index (Phi) is 9.53. The normalized spacial score (nSPS) is 10.5. The van der Waals surface area contributed by atoms with Crippen molar-refractivity contribution < 1.29 is 9.53 Å². The van der Waals surface area contributed by atoms with Gasteiger partial charge in [-0.3, -0.25) is 4.79 Å². The molecule has 0 unspecified atom stereocenters. The van der Waals surface area contributed by atoms with E-state index >= 15 is 0 Å². The predicted octanol–water partition coefficient (Wildman–Crippen LogP) is 5.00. The minimum absolute atomic E-state index is 0.188. The van der Waals surface area contributed by atoms with E-state index in [1.54, 1.807) is 6.92 Å². The summed E-state index contributed by atoms with van der Waals surface area (Å²) < 4.78 is 7.85. The van der Waals surface area contributed by atoms with Gasteiger partial charge in [-0.25, -0.2) is 9.71 Å². The lowest BCUT2D eigenvalue weighted by Crippen LogP contribution is -2.19. The molecule has 1 aromatic heterocycles. The van der Waals surface area contributed by atoms with Crippen LogP contribution in [0.5, 0.6) is 0 Å². The van der Waals surface area contributed by atoms with Crippen molar-refractivity contribution in [3.8, 4) is 0 Å². The largest absolute Gasteiger partial charge is 0.465 e. The van der Waals surface area contributed by atoms with Gasteiger partial charge in [0.25, 0.3) is 0 Å². The van der Waals surface area contributed by atoms with Gasteiger partial charge in [0.1, 0.15) is 6.54 Å². The highest BCUT2D eigenvalue weighted by Crippen LogP contribution is 2.17. The number of hydrogen-bond donors (Lipinski definition) is 3. The fourth-order valence-electron chi connectivity index (χ4n) is 2.29. The van der Waals surface area contributed by atoms with E-state index in [2.05, 4.69) is 40.8 Å². The number of benzene rings is 2. The van der Waals surface area contributed by atoms with Gasteiger partial charge in [-0.1, -0.05) is 45.0 Å². The number of H-pyrrole nitrogens is 1. The van der Waals surface area contributed by atoms with Gasteiger partial charge in [-0.15, -0.1) is 0 Å². The quantitative estimate of drug-likeness (QED) is 0.356. The van der Waals surface area contributed by atoms with Gasteiger partial charge in [0.05, 0.1) is 17.6 Å². The number of hydrogen-bond acceptors (Lipinski definition) is 6. The van der Waals surface area contributed by atoms with Crippen LogP contribution < -0.4 is 10.0 Å². The maximum atomic E-state index is 11.3. The fraction of sp³-hybridized carbons (Fsp3) is 0.364. The highest BCUT2D eigenvalue weighted by Gasteiger charge is 2.03. The Morgan fingerprint density at radius 3 is 2.48 bits per heavy atom. The summed E-state index contributed by atoms with van der Waals surface area (Å²) >= 11 is 1.41. The number of nitrogens with one attached hydrogen (secondary N) is 3. The second-order valence-corrected chi connectivity index (χ2v) is 8.02. The molecule has 0 amide bonds. The molecule has 0 saturated carbocycles. The molecule has 29 heavy (non-hydrogen) atoms. The van der Waals surface area contributed by atoms with Crippen molar-refractivity contribution in [2.75, 3.05) is 18.5 Å². The van der Waals surface area contributed by atoms with E-state index in [0.717, 1.165) is 33.4 Å². The van der Waals surface area contributed by atoms with Crippen LogP contribution in [0.25, 0.3) is 11.0 Å². The maximum Gasteiger partial charge on any atom is 0.320 e. The Labute approximate surface area is 177 Å². The van der Waals surface area contributed by atoms with Gasteiger partial charge in [0.2, 0.25) is 5.95 Å². The molecule has 7 heteroatoms. The molecule has 0 aliphatic carbocycles. The Bertz CT molecular complexity index is 842. The molecular weight excluding hydrogens is 384 g/mol. The van der Waals surface area contributed by atoms with E-state index in [9.17, 15) is 4.79 Å².